The highest BCUT2D eigenvalue weighted by atomic mass is 35.5. The van der Waals surface area contributed by atoms with Crippen molar-refractivity contribution in [3.8, 4) is 23.3 Å². The van der Waals surface area contributed by atoms with Crippen molar-refractivity contribution < 1.29 is 19.0 Å². The molecule has 0 spiro atoms. The van der Waals surface area contributed by atoms with Gasteiger partial charge in [0.05, 0.1) is 10.0 Å². The lowest BCUT2D eigenvalue weighted by atomic mass is 10.1. The molecule has 8 heteroatoms. The molecule has 0 aliphatic carbocycles. The molecule has 0 radical (unpaired) electrons. The fourth-order valence-electron chi connectivity index (χ4n) is 2.54. The molecule has 2 aromatic rings. The molecule has 2 aromatic carbocycles. The second-order valence-corrected chi connectivity index (χ2v) is 6.97. The highest BCUT2D eigenvalue weighted by Gasteiger charge is 2.16. The Hall–Kier alpha value is -2.88. The van der Waals surface area contributed by atoms with E-state index < -0.39 is 5.91 Å². The number of ether oxygens (including phenoxy) is 3. The van der Waals surface area contributed by atoms with Gasteiger partial charge in [0.1, 0.15) is 18.2 Å². The zero-order valence-electron chi connectivity index (χ0n) is 15.2. The molecule has 0 fully saturated rings. The molecule has 1 aliphatic rings. The molecular formula is C20H16Cl2N2O4. The smallest absolute Gasteiger partial charge is 0.264 e. The van der Waals surface area contributed by atoms with E-state index in [0.717, 1.165) is 5.56 Å². The number of benzene rings is 2. The van der Waals surface area contributed by atoms with Crippen molar-refractivity contribution in [2.45, 2.75) is 6.61 Å². The summed E-state index contributed by atoms with van der Waals surface area (Å²) in [7, 11) is 3.14. The van der Waals surface area contributed by atoms with E-state index in [4.69, 9.17) is 37.4 Å². The summed E-state index contributed by atoms with van der Waals surface area (Å²) in [5.74, 6) is 1.26. The highest BCUT2D eigenvalue weighted by Crippen LogP contribution is 2.37. The van der Waals surface area contributed by atoms with Gasteiger partial charge >= 0.3 is 0 Å². The Kier molecular flexibility index (Phi) is 5.98. The number of nitriles is 1. The molecular weight excluding hydrogens is 403 g/mol. The summed E-state index contributed by atoms with van der Waals surface area (Å²) in [5, 5.41) is 9.75. The van der Waals surface area contributed by atoms with Crippen LogP contribution >= 0.6 is 23.2 Å². The van der Waals surface area contributed by atoms with Crippen molar-refractivity contribution in [3.63, 3.8) is 0 Å². The third-order valence-electron chi connectivity index (χ3n) is 3.91. The Labute approximate surface area is 172 Å². The molecule has 28 heavy (non-hydrogen) atoms. The number of rotatable bonds is 5. The fraction of sp³-hybridized carbons (Fsp3) is 0.200. The predicted octanol–water partition coefficient (Wildman–Crippen LogP) is 4.30. The minimum atomic E-state index is -0.405. The van der Waals surface area contributed by atoms with Gasteiger partial charge in [0.15, 0.2) is 17.2 Å². The second kappa shape index (κ2) is 8.42. The van der Waals surface area contributed by atoms with E-state index in [-0.39, 0.29) is 29.0 Å². The molecule has 0 bridgehead atoms. The molecule has 1 amide bonds. The molecule has 0 saturated carbocycles. The Balaban J connectivity index is 1.78. The van der Waals surface area contributed by atoms with Crippen LogP contribution < -0.4 is 14.2 Å². The fourth-order valence-corrected chi connectivity index (χ4v) is 3.15. The van der Waals surface area contributed by atoms with Crippen molar-refractivity contribution in [1.29, 1.82) is 5.26 Å². The van der Waals surface area contributed by atoms with Gasteiger partial charge in [0, 0.05) is 14.1 Å². The maximum atomic E-state index is 12.0. The van der Waals surface area contributed by atoms with Crippen LogP contribution in [-0.2, 0) is 11.4 Å². The van der Waals surface area contributed by atoms with Gasteiger partial charge < -0.3 is 19.1 Å². The summed E-state index contributed by atoms with van der Waals surface area (Å²) in [6.45, 7) is 0.432. The van der Waals surface area contributed by atoms with Gasteiger partial charge in [-0.15, -0.1) is 0 Å². The molecule has 0 N–H and O–H groups in total. The van der Waals surface area contributed by atoms with Crippen LogP contribution in [0.1, 0.15) is 11.1 Å². The Morgan fingerprint density at radius 1 is 1.21 bits per heavy atom. The standard InChI is InChI=1S/C20H16Cl2N2O4/c1-24(2)20(25)14(9-23)5-13-6-15(21)19(16(22)7-13)26-10-12-3-4-17-18(8-12)28-11-27-17/h3-8H,10-11H2,1-2H3/b14-5-. The van der Waals surface area contributed by atoms with Crippen molar-refractivity contribution in [3.05, 3.63) is 57.1 Å². The summed E-state index contributed by atoms with van der Waals surface area (Å²) in [5.41, 5.74) is 1.37. The van der Waals surface area contributed by atoms with Crippen molar-refractivity contribution in [1.82, 2.24) is 4.90 Å². The molecule has 0 aromatic heterocycles. The normalized spacial score (nSPS) is 12.5. The van der Waals surface area contributed by atoms with E-state index in [9.17, 15) is 10.1 Å². The van der Waals surface area contributed by atoms with Crippen LogP contribution in [0, 0.1) is 11.3 Å². The van der Waals surface area contributed by atoms with Crippen LogP contribution in [0.2, 0.25) is 10.0 Å². The van der Waals surface area contributed by atoms with Crippen LogP contribution in [-0.4, -0.2) is 31.7 Å². The van der Waals surface area contributed by atoms with Crippen LogP contribution in [0.4, 0.5) is 0 Å². The number of carbonyl (C=O) groups is 1. The zero-order chi connectivity index (χ0) is 20.3. The molecule has 0 unspecified atom stereocenters. The number of carbonyl (C=O) groups excluding carboxylic acids is 1. The molecule has 1 heterocycles. The average Bonchev–Trinajstić information content (AvgIpc) is 3.12. The number of hydrogen-bond acceptors (Lipinski definition) is 5. The van der Waals surface area contributed by atoms with E-state index in [1.807, 2.05) is 24.3 Å². The average molecular weight is 419 g/mol. The maximum Gasteiger partial charge on any atom is 0.264 e. The molecule has 0 saturated heterocycles. The van der Waals surface area contributed by atoms with Crippen molar-refractivity contribution in [2.75, 3.05) is 20.9 Å². The summed E-state index contributed by atoms with van der Waals surface area (Å²) >= 11 is 12.6. The van der Waals surface area contributed by atoms with Gasteiger partial charge in [-0.1, -0.05) is 29.3 Å². The minimum Gasteiger partial charge on any atom is -0.486 e. The highest BCUT2D eigenvalue weighted by molar-refractivity contribution is 6.37. The van der Waals surface area contributed by atoms with E-state index in [2.05, 4.69) is 0 Å². The lowest BCUT2D eigenvalue weighted by Crippen LogP contribution is -2.22. The first kappa shape index (κ1) is 19.9. The predicted molar refractivity (Wildman–Crippen MR) is 106 cm³/mol. The topological polar surface area (TPSA) is 71.8 Å². The number of fused-ring (bicyclic) bond motifs is 1. The third kappa shape index (κ3) is 4.33. The first-order valence-corrected chi connectivity index (χ1v) is 8.98. The van der Waals surface area contributed by atoms with E-state index in [1.165, 1.54) is 11.0 Å². The maximum absolute atomic E-state index is 12.0. The van der Waals surface area contributed by atoms with Gasteiger partial charge in [-0.3, -0.25) is 4.79 Å². The molecule has 144 valence electrons. The number of likely N-dealkylation sites (N-methyl/N-ethyl adjacent to an activating group) is 1. The summed E-state index contributed by atoms with van der Waals surface area (Å²) < 4.78 is 16.4. The minimum absolute atomic E-state index is 0.0221. The summed E-state index contributed by atoms with van der Waals surface area (Å²) in [4.78, 5) is 13.3. The molecule has 3 rings (SSSR count). The van der Waals surface area contributed by atoms with E-state index in [0.29, 0.717) is 22.8 Å². The Morgan fingerprint density at radius 3 is 2.54 bits per heavy atom. The van der Waals surface area contributed by atoms with Gasteiger partial charge in [-0.05, 0) is 41.5 Å². The Bertz CT molecular complexity index is 973. The van der Waals surface area contributed by atoms with E-state index in [1.54, 1.807) is 26.2 Å². The quantitative estimate of drug-likeness (QED) is 0.534. The summed E-state index contributed by atoms with van der Waals surface area (Å²) in [6, 6.07) is 10.5. The third-order valence-corrected chi connectivity index (χ3v) is 4.47. The second-order valence-electron chi connectivity index (χ2n) is 6.16. The Morgan fingerprint density at radius 2 is 1.89 bits per heavy atom. The van der Waals surface area contributed by atoms with Crippen molar-refractivity contribution >= 4 is 35.2 Å². The SMILES string of the molecule is CN(C)C(=O)/C(C#N)=C\c1cc(Cl)c(OCc2ccc3c(c2)OCO3)c(Cl)c1. The first-order valence-electron chi connectivity index (χ1n) is 8.23. The van der Waals surface area contributed by atoms with Crippen LogP contribution in [0.25, 0.3) is 6.08 Å². The number of hydrogen-bond donors (Lipinski definition) is 0. The zero-order valence-corrected chi connectivity index (χ0v) is 16.7. The van der Waals surface area contributed by atoms with Crippen LogP contribution in [0.3, 0.4) is 0 Å². The van der Waals surface area contributed by atoms with Crippen LogP contribution in [0.15, 0.2) is 35.9 Å². The summed E-state index contributed by atoms with van der Waals surface area (Å²) in [6.07, 6.45) is 1.43. The van der Waals surface area contributed by atoms with Crippen molar-refractivity contribution in [2.24, 2.45) is 0 Å². The lowest BCUT2D eigenvalue weighted by molar-refractivity contribution is -0.124. The lowest BCUT2D eigenvalue weighted by Gasteiger charge is -2.12. The number of amides is 1. The van der Waals surface area contributed by atoms with Gasteiger partial charge in [-0.2, -0.15) is 5.26 Å². The number of halogens is 2. The van der Waals surface area contributed by atoms with Gasteiger partial charge in [0.2, 0.25) is 6.79 Å². The molecule has 6 nitrogen and oxygen atoms in total. The molecule has 1 aliphatic heterocycles. The van der Waals surface area contributed by atoms with Crippen LogP contribution in [0.5, 0.6) is 17.2 Å². The van der Waals surface area contributed by atoms with Gasteiger partial charge in [-0.25, -0.2) is 0 Å². The van der Waals surface area contributed by atoms with Gasteiger partial charge in [0.25, 0.3) is 5.91 Å². The monoisotopic (exact) mass is 418 g/mol. The largest absolute Gasteiger partial charge is 0.486 e. The molecule has 0 atom stereocenters. The van der Waals surface area contributed by atoms with E-state index >= 15 is 0 Å². The first-order chi connectivity index (χ1) is 13.4. The number of nitrogens with zero attached hydrogens (tertiary/aromatic N) is 2.